The van der Waals surface area contributed by atoms with Gasteiger partial charge in [-0.1, -0.05) is 29.8 Å². The van der Waals surface area contributed by atoms with E-state index in [1.807, 2.05) is 24.3 Å². The maximum atomic E-state index is 5.74. The van der Waals surface area contributed by atoms with Gasteiger partial charge >= 0.3 is 0 Å². The van der Waals surface area contributed by atoms with Crippen molar-refractivity contribution in [3.8, 4) is 5.75 Å². The molecular formula is C11H11ClN2OS. The van der Waals surface area contributed by atoms with E-state index in [1.54, 1.807) is 12.5 Å². The summed E-state index contributed by atoms with van der Waals surface area (Å²) in [5, 5.41) is 6.33. The van der Waals surface area contributed by atoms with Crippen LogP contribution in [0.5, 0.6) is 5.75 Å². The molecule has 0 unspecified atom stereocenters. The summed E-state index contributed by atoms with van der Waals surface area (Å²) in [5.41, 5.74) is 1.09. The van der Waals surface area contributed by atoms with E-state index in [1.165, 1.54) is 11.3 Å². The zero-order chi connectivity index (χ0) is 11.4. The molecule has 0 saturated carbocycles. The van der Waals surface area contributed by atoms with Crippen LogP contribution in [0.3, 0.4) is 0 Å². The number of para-hydroxylation sites is 1. The second-order valence-electron chi connectivity index (χ2n) is 3.14. The number of nitrogens with zero attached hydrogens (tertiary/aromatic N) is 1. The highest BCUT2D eigenvalue weighted by molar-refractivity contribution is 7.14. The smallest absolute Gasteiger partial charge is 0.184 e. The zero-order valence-electron chi connectivity index (χ0n) is 8.74. The number of benzene rings is 1. The van der Waals surface area contributed by atoms with Gasteiger partial charge < -0.3 is 10.1 Å². The van der Waals surface area contributed by atoms with Gasteiger partial charge in [0.1, 0.15) is 10.9 Å². The standard InChI is InChI=1S/C11H11ClN2OS/c1-15-9-5-3-2-4-8(9)6-13-11-14-10(12)7-16-11/h2-5,7H,6H2,1H3,(H,13,14). The lowest BCUT2D eigenvalue weighted by molar-refractivity contribution is 0.410. The van der Waals surface area contributed by atoms with E-state index in [9.17, 15) is 0 Å². The quantitative estimate of drug-likeness (QED) is 0.908. The molecule has 5 heteroatoms. The first kappa shape index (κ1) is 11.2. The Balaban J connectivity index is 2.04. The molecule has 0 amide bonds. The molecule has 0 bridgehead atoms. The van der Waals surface area contributed by atoms with Gasteiger partial charge in [0.05, 0.1) is 7.11 Å². The highest BCUT2D eigenvalue weighted by Gasteiger charge is 2.03. The van der Waals surface area contributed by atoms with Crippen LogP contribution in [0.15, 0.2) is 29.6 Å². The second kappa shape index (κ2) is 5.18. The molecule has 1 heterocycles. The molecule has 1 aromatic carbocycles. The molecule has 16 heavy (non-hydrogen) atoms. The SMILES string of the molecule is COc1ccccc1CNc1nc(Cl)cs1. The summed E-state index contributed by atoms with van der Waals surface area (Å²) in [6.07, 6.45) is 0. The average Bonchev–Trinajstić information content (AvgIpc) is 2.73. The van der Waals surface area contributed by atoms with Crippen LogP contribution in [0.1, 0.15) is 5.56 Å². The maximum absolute atomic E-state index is 5.74. The molecule has 0 spiro atoms. The summed E-state index contributed by atoms with van der Waals surface area (Å²) in [7, 11) is 1.67. The Bertz CT molecular complexity index is 473. The Labute approximate surface area is 103 Å². The molecule has 1 aromatic heterocycles. The van der Waals surface area contributed by atoms with Crippen LogP contribution in [-0.4, -0.2) is 12.1 Å². The fourth-order valence-electron chi connectivity index (χ4n) is 1.36. The molecule has 2 rings (SSSR count). The number of hydrogen-bond donors (Lipinski definition) is 1. The summed E-state index contributed by atoms with van der Waals surface area (Å²) >= 11 is 7.22. The molecular weight excluding hydrogens is 244 g/mol. The van der Waals surface area contributed by atoms with Crippen LogP contribution in [0.2, 0.25) is 5.15 Å². The Kier molecular flexibility index (Phi) is 3.64. The van der Waals surface area contributed by atoms with E-state index >= 15 is 0 Å². The fourth-order valence-corrected chi connectivity index (χ4v) is 2.19. The molecule has 0 aliphatic heterocycles. The number of thiazole rings is 1. The van der Waals surface area contributed by atoms with Crippen LogP contribution in [-0.2, 0) is 6.54 Å². The number of ether oxygens (including phenoxy) is 1. The topological polar surface area (TPSA) is 34.1 Å². The van der Waals surface area contributed by atoms with Crippen molar-refractivity contribution in [1.29, 1.82) is 0 Å². The summed E-state index contributed by atoms with van der Waals surface area (Å²) in [6, 6.07) is 7.88. The van der Waals surface area contributed by atoms with Crippen molar-refractivity contribution in [2.75, 3.05) is 12.4 Å². The second-order valence-corrected chi connectivity index (χ2v) is 4.39. The van der Waals surface area contributed by atoms with Crippen LogP contribution >= 0.6 is 22.9 Å². The third kappa shape index (κ3) is 2.65. The van der Waals surface area contributed by atoms with Gasteiger partial charge in [-0.2, -0.15) is 0 Å². The Morgan fingerprint density at radius 1 is 1.44 bits per heavy atom. The van der Waals surface area contributed by atoms with E-state index in [4.69, 9.17) is 16.3 Å². The van der Waals surface area contributed by atoms with Crippen LogP contribution in [0.4, 0.5) is 5.13 Å². The molecule has 0 fully saturated rings. The Morgan fingerprint density at radius 3 is 2.94 bits per heavy atom. The van der Waals surface area contributed by atoms with Crippen LogP contribution in [0, 0.1) is 0 Å². The van der Waals surface area contributed by atoms with E-state index in [0.29, 0.717) is 11.7 Å². The van der Waals surface area contributed by atoms with Gasteiger partial charge in [0.15, 0.2) is 5.13 Å². The summed E-state index contributed by atoms with van der Waals surface area (Å²) in [5.74, 6) is 0.873. The van der Waals surface area contributed by atoms with Crippen molar-refractivity contribution in [2.24, 2.45) is 0 Å². The first-order valence-corrected chi connectivity index (χ1v) is 6.02. The molecule has 84 valence electrons. The van der Waals surface area contributed by atoms with Gasteiger partial charge in [0, 0.05) is 17.5 Å². The first-order chi connectivity index (χ1) is 7.79. The third-order valence-electron chi connectivity index (χ3n) is 2.10. The highest BCUT2D eigenvalue weighted by atomic mass is 35.5. The molecule has 2 aromatic rings. The predicted octanol–water partition coefficient (Wildman–Crippen LogP) is 3.42. The van der Waals surface area contributed by atoms with Gasteiger partial charge in [0.2, 0.25) is 0 Å². The fraction of sp³-hybridized carbons (Fsp3) is 0.182. The predicted molar refractivity (Wildman–Crippen MR) is 67.4 cm³/mol. The number of methoxy groups -OCH3 is 1. The van der Waals surface area contributed by atoms with Crippen LogP contribution < -0.4 is 10.1 Å². The van der Waals surface area contributed by atoms with Gasteiger partial charge in [-0.3, -0.25) is 0 Å². The van der Waals surface area contributed by atoms with Gasteiger partial charge in [-0.05, 0) is 6.07 Å². The van der Waals surface area contributed by atoms with E-state index < -0.39 is 0 Å². The minimum absolute atomic E-state index is 0.521. The van der Waals surface area contributed by atoms with Crippen molar-refractivity contribution in [1.82, 2.24) is 4.98 Å². The summed E-state index contributed by atoms with van der Waals surface area (Å²) in [4.78, 5) is 4.11. The maximum Gasteiger partial charge on any atom is 0.184 e. The zero-order valence-corrected chi connectivity index (χ0v) is 10.3. The van der Waals surface area contributed by atoms with Gasteiger partial charge in [-0.15, -0.1) is 11.3 Å². The monoisotopic (exact) mass is 254 g/mol. The number of aromatic nitrogens is 1. The van der Waals surface area contributed by atoms with E-state index in [0.717, 1.165) is 16.4 Å². The lowest BCUT2D eigenvalue weighted by atomic mass is 10.2. The van der Waals surface area contributed by atoms with Crippen molar-refractivity contribution < 1.29 is 4.74 Å². The largest absolute Gasteiger partial charge is 0.496 e. The number of anilines is 1. The van der Waals surface area contributed by atoms with E-state index in [2.05, 4.69) is 10.3 Å². The lowest BCUT2D eigenvalue weighted by Gasteiger charge is -2.08. The number of hydrogen-bond acceptors (Lipinski definition) is 4. The molecule has 1 N–H and O–H groups in total. The Morgan fingerprint density at radius 2 is 2.25 bits per heavy atom. The lowest BCUT2D eigenvalue weighted by Crippen LogP contribution is -2.00. The third-order valence-corrected chi connectivity index (χ3v) is 3.22. The number of nitrogens with one attached hydrogen (secondary N) is 1. The normalized spacial score (nSPS) is 10.1. The van der Waals surface area contributed by atoms with Gasteiger partial charge in [-0.25, -0.2) is 4.98 Å². The molecule has 0 atom stereocenters. The minimum atomic E-state index is 0.521. The molecule has 3 nitrogen and oxygen atoms in total. The molecule has 0 saturated heterocycles. The van der Waals surface area contributed by atoms with Gasteiger partial charge in [0.25, 0.3) is 0 Å². The van der Waals surface area contributed by atoms with Crippen molar-refractivity contribution in [2.45, 2.75) is 6.54 Å². The van der Waals surface area contributed by atoms with Crippen LogP contribution in [0.25, 0.3) is 0 Å². The molecule has 0 radical (unpaired) electrons. The minimum Gasteiger partial charge on any atom is -0.496 e. The van der Waals surface area contributed by atoms with Crippen molar-refractivity contribution in [3.63, 3.8) is 0 Å². The first-order valence-electron chi connectivity index (χ1n) is 4.76. The average molecular weight is 255 g/mol. The number of halogens is 1. The van der Waals surface area contributed by atoms with Crippen molar-refractivity contribution >= 4 is 28.1 Å². The highest BCUT2D eigenvalue weighted by Crippen LogP contribution is 2.22. The number of rotatable bonds is 4. The van der Waals surface area contributed by atoms with Crippen molar-refractivity contribution in [3.05, 3.63) is 40.4 Å². The Hall–Kier alpha value is -1.26. The summed E-state index contributed by atoms with van der Waals surface area (Å²) < 4.78 is 5.26. The molecule has 0 aliphatic rings. The van der Waals surface area contributed by atoms with E-state index in [-0.39, 0.29) is 0 Å². The summed E-state index contributed by atoms with van der Waals surface area (Å²) in [6.45, 7) is 0.674. The molecule has 0 aliphatic carbocycles.